The summed E-state index contributed by atoms with van der Waals surface area (Å²) in [7, 11) is 0. The monoisotopic (exact) mass is 435 g/mol. The molecule has 5 nitrogen and oxygen atoms in total. The third-order valence-electron chi connectivity index (χ3n) is 6.68. The maximum absolute atomic E-state index is 13.7. The predicted octanol–water partition coefficient (Wildman–Crippen LogP) is 5.85. The van der Waals surface area contributed by atoms with Crippen LogP contribution in [0.1, 0.15) is 42.9 Å². The highest BCUT2D eigenvalue weighted by atomic mass is 16.5. The third-order valence-corrected chi connectivity index (χ3v) is 6.68. The van der Waals surface area contributed by atoms with E-state index in [0.29, 0.717) is 13.0 Å². The number of fused-ring (bicyclic) bond motifs is 3. The largest absolute Gasteiger partial charge is 0.494 e. The second kappa shape index (κ2) is 7.93. The van der Waals surface area contributed by atoms with Crippen LogP contribution in [0.5, 0.6) is 5.75 Å². The molecule has 1 N–H and O–H groups in total. The summed E-state index contributed by atoms with van der Waals surface area (Å²) < 4.78 is 7.82. The molecule has 0 unspecified atom stereocenters. The molecule has 1 aliphatic carbocycles. The number of nitrogens with one attached hydrogen (secondary N) is 1. The molecule has 0 spiro atoms. The molecule has 0 saturated heterocycles. The van der Waals surface area contributed by atoms with Gasteiger partial charge in [-0.1, -0.05) is 54.6 Å². The standard InChI is InChI=1S/C28H25N3O2/c1-2-33-21-14-12-19(13-15-21)27-26-23(16-20(17-25(26)32)18-8-4-3-5-9-18)30-28-29-22-10-6-7-11-24(22)31(27)28/h3-15,20,27H,2,16-17H2,1H3,(H,29,30)/t20-,27+/m1/s1. The van der Waals surface area contributed by atoms with Crippen molar-refractivity contribution in [3.8, 4) is 5.75 Å². The minimum absolute atomic E-state index is 0.168. The molecule has 0 radical (unpaired) electrons. The van der Waals surface area contributed by atoms with Crippen molar-refractivity contribution in [3.63, 3.8) is 0 Å². The van der Waals surface area contributed by atoms with Gasteiger partial charge in [0.1, 0.15) is 5.75 Å². The van der Waals surface area contributed by atoms with Crippen LogP contribution < -0.4 is 10.1 Å². The van der Waals surface area contributed by atoms with Crippen molar-refractivity contribution in [1.82, 2.24) is 9.55 Å². The van der Waals surface area contributed by atoms with Crippen LogP contribution in [0.25, 0.3) is 11.0 Å². The van der Waals surface area contributed by atoms with E-state index >= 15 is 0 Å². The summed E-state index contributed by atoms with van der Waals surface area (Å²) in [6, 6.07) is 26.3. The third kappa shape index (κ3) is 3.32. The van der Waals surface area contributed by atoms with E-state index in [1.54, 1.807) is 0 Å². The number of hydrogen-bond donors (Lipinski definition) is 1. The Morgan fingerprint density at radius 2 is 1.70 bits per heavy atom. The summed E-state index contributed by atoms with van der Waals surface area (Å²) >= 11 is 0. The molecule has 1 aliphatic heterocycles. The van der Waals surface area contributed by atoms with Crippen LogP contribution in [0.15, 0.2) is 90.1 Å². The van der Waals surface area contributed by atoms with Crippen molar-refractivity contribution in [1.29, 1.82) is 0 Å². The Bertz CT molecular complexity index is 1370. The number of ether oxygens (including phenoxy) is 1. The number of carbonyl (C=O) groups is 1. The van der Waals surface area contributed by atoms with Gasteiger partial charge in [-0.05, 0) is 54.7 Å². The van der Waals surface area contributed by atoms with Gasteiger partial charge in [0.2, 0.25) is 5.95 Å². The fourth-order valence-corrected chi connectivity index (χ4v) is 5.21. The molecule has 164 valence electrons. The number of Topliss-reactive ketones (excluding diaryl/α,β-unsaturated/α-hetero) is 1. The molecule has 0 bridgehead atoms. The first-order valence-electron chi connectivity index (χ1n) is 11.5. The van der Waals surface area contributed by atoms with E-state index < -0.39 is 0 Å². The zero-order valence-electron chi connectivity index (χ0n) is 18.5. The van der Waals surface area contributed by atoms with Crippen molar-refractivity contribution in [3.05, 3.63) is 101 Å². The van der Waals surface area contributed by atoms with Gasteiger partial charge in [-0.25, -0.2) is 4.98 Å². The average Bonchev–Trinajstić information content (AvgIpc) is 3.22. The molecule has 2 heterocycles. The smallest absolute Gasteiger partial charge is 0.209 e. The lowest BCUT2D eigenvalue weighted by atomic mass is 9.77. The summed E-state index contributed by atoms with van der Waals surface area (Å²) in [5.41, 5.74) is 6.04. The number of anilines is 1. The number of carbonyl (C=O) groups excluding carboxylic acids is 1. The first-order valence-corrected chi connectivity index (χ1v) is 11.5. The van der Waals surface area contributed by atoms with Crippen LogP contribution in [0.2, 0.25) is 0 Å². The van der Waals surface area contributed by atoms with E-state index in [2.05, 4.69) is 40.2 Å². The molecular formula is C28H25N3O2. The van der Waals surface area contributed by atoms with E-state index in [-0.39, 0.29) is 17.7 Å². The molecule has 2 atom stereocenters. The molecule has 5 heteroatoms. The normalized spacial score (nSPS) is 19.7. The van der Waals surface area contributed by atoms with Crippen molar-refractivity contribution in [2.75, 3.05) is 11.9 Å². The molecule has 6 rings (SSSR count). The van der Waals surface area contributed by atoms with Crippen LogP contribution in [0, 0.1) is 0 Å². The highest BCUT2D eigenvalue weighted by molar-refractivity contribution is 6.01. The molecule has 2 aliphatic rings. The number of benzene rings is 3. The zero-order valence-corrected chi connectivity index (χ0v) is 18.5. The Morgan fingerprint density at radius 3 is 2.48 bits per heavy atom. The van der Waals surface area contributed by atoms with Crippen LogP contribution in [0.3, 0.4) is 0 Å². The number of hydrogen-bond acceptors (Lipinski definition) is 4. The van der Waals surface area contributed by atoms with Crippen molar-refractivity contribution >= 4 is 22.8 Å². The van der Waals surface area contributed by atoms with Crippen molar-refractivity contribution in [2.45, 2.75) is 31.7 Å². The van der Waals surface area contributed by atoms with Gasteiger partial charge in [0, 0.05) is 17.7 Å². The minimum Gasteiger partial charge on any atom is -0.494 e. The Hall–Kier alpha value is -3.86. The van der Waals surface area contributed by atoms with Crippen molar-refractivity contribution in [2.24, 2.45) is 0 Å². The van der Waals surface area contributed by atoms with E-state index in [9.17, 15) is 4.79 Å². The van der Waals surface area contributed by atoms with Crippen LogP contribution in [-0.2, 0) is 4.79 Å². The van der Waals surface area contributed by atoms with Gasteiger partial charge in [-0.3, -0.25) is 9.36 Å². The lowest BCUT2D eigenvalue weighted by Gasteiger charge is -2.36. The Kier molecular flexibility index (Phi) is 4.75. The number of aromatic nitrogens is 2. The molecule has 1 aromatic heterocycles. The molecule has 0 amide bonds. The number of ketones is 1. The maximum atomic E-state index is 13.7. The summed E-state index contributed by atoms with van der Waals surface area (Å²) in [5, 5.41) is 3.54. The van der Waals surface area contributed by atoms with E-state index in [1.165, 1.54) is 5.56 Å². The summed E-state index contributed by atoms with van der Waals surface area (Å²) in [6.45, 7) is 2.60. The van der Waals surface area contributed by atoms with Crippen LogP contribution in [-0.4, -0.2) is 21.9 Å². The fourth-order valence-electron chi connectivity index (χ4n) is 5.21. The zero-order chi connectivity index (χ0) is 22.4. The number of nitrogens with zero attached hydrogens (tertiary/aromatic N) is 2. The lowest BCUT2D eigenvalue weighted by Crippen LogP contribution is -2.33. The van der Waals surface area contributed by atoms with E-state index in [0.717, 1.165) is 46.0 Å². The second-order valence-electron chi connectivity index (χ2n) is 8.65. The van der Waals surface area contributed by atoms with Crippen molar-refractivity contribution < 1.29 is 9.53 Å². The Labute approximate surface area is 192 Å². The first kappa shape index (κ1) is 19.8. The number of rotatable bonds is 4. The Morgan fingerprint density at radius 1 is 0.939 bits per heavy atom. The van der Waals surface area contributed by atoms with Gasteiger partial charge in [0.25, 0.3) is 0 Å². The molecule has 33 heavy (non-hydrogen) atoms. The van der Waals surface area contributed by atoms with E-state index in [1.807, 2.05) is 55.5 Å². The predicted molar refractivity (Wildman–Crippen MR) is 130 cm³/mol. The van der Waals surface area contributed by atoms with Gasteiger partial charge in [0.05, 0.1) is 23.7 Å². The molecule has 0 saturated carbocycles. The molecule has 0 fully saturated rings. The molecular weight excluding hydrogens is 410 g/mol. The topological polar surface area (TPSA) is 56.1 Å². The highest BCUT2D eigenvalue weighted by Crippen LogP contribution is 2.46. The van der Waals surface area contributed by atoms with Gasteiger partial charge in [-0.15, -0.1) is 0 Å². The number of allylic oxidation sites excluding steroid dienone is 2. The van der Waals surface area contributed by atoms with Gasteiger partial charge in [0.15, 0.2) is 5.78 Å². The Balaban J connectivity index is 1.50. The minimum atomic E-state index is -0.219. The molecule has 4 aromatic rings. The number of imidazole rings is 1. The van der Waals surface area contributed by atoms with Gasteiger partial charge in [-0.2, -0.15) is 0 Å². The summed E-state index contributed by atoms with van der Waals surface area (Å²) in [4.78, 5) is 18.5. The molecule has 3 aromatic carbocycles. The van der Waals surface area contributed by atoms with Gasteiger partial charge < -0.3 is 10.1 Å². The first-order chi connectivity index (χ1) is 16.2. The summed E-state index contributed by atoms with van der Waals surface area (Å²) in [5.74, 6) is 1.98. The number of para-hydroxylation sites is 2. The van der Waals surface area contributed by atoms with Crippen LogP contribution in [0.4, 0.5) is 5.95 Å². The van der Waals surface area contributed by atoms with E-state index in [4.69, 9.17) is 9.72 Å². The lowest BCUT2D eigenvalue weighted by molar-refractivity contribution is -0.116. The highest BCUT2D eigenvalue weighted by Gasteiger charge is 2.39. The fraction of sp³-hybridized carbons (Fsp3) is 0.214. The van der Waals surface area contributed by atoms with Gasteiger partial charge >= 0.3 is 0 Å². The summed E-state index contributed by atoms with van der Waals surface area (Å²) in [6.07, 6.45) is 1.31. The SMILES string of the molecule is CCOc1ccc([C@H]2C3=C(C[C@@H](c4ccccc4)CC3=O)Nc3nc4ccccc4n32)cc1. The van der Waals surface area contributed by atoms with Crippen LogP contribution >= 0.6 is 0 Å². The maximum Gasteiger partial charge on any atom is 0.209 e. The quantitative estimate of drug-likeness (QED) is 0.437. The average molecular weight is 436 g/mol. The second-order valence-corrected chi connectivity index (χ2v) is 8.65.